The van der Waals surface area contributed by atoms with Gasteiger partial charge in [-0.3, -0.25) is 0 Å². The van der Waals surface area contributed by atoms with Gasteiger partial charge in [0.2, 0.25) is 0 Å². The number of rotatable bonds is 4. The molecule has 0 saturated heterocycles. The summed E-state index contributed by atoms with van der Waals surface area (Å²) in [6.45, 7) is 6.56. The van der Waals surface area contributed by atoms with Gasteiger partial charge in [0.15, 0.2) is 0 Å². The molecule has 1 rings (SSSR count). The monoisotopic (exact) mass is 305 g/mol. The average Bonchev–Trinajstić information content (AvgIpc) is 2.18. The summed E-state index contributed by atoms with van der Waals surface area (Å²) in [6, 6.07) is 6.56. The Morgan fingerprint density at radius 3 is 2.38 bits per heavy atom. The van der Waals surface area contributed by atoms with Crippen LogP contribution in [0.15, 0.2) is 22.7 Å². The lowest BCUT2D eigenvalue weighted by Crippen LogP contribution is -2.11. The highest BCUT2D eigenvalue weighted by Crippen LogP contribution is 2.24. The van der Waals surface area contributed by atoms with Gasteiger partial charge in [0.25, 0.3) is 0 Å². The second-order valence-corrected chi connectivity index (χ2v) is 5.44. The summed E-state index contributed by atoms with van der Waals surface area (Å²) < 4.78 is 1.15. The van der Waals surface area contributed by atoms with Gasteiger partial charge >= 0.3 is 0 Å². The van der Waals surface area contributed by atoms with Gasteiger partial charge in [0.1, 0.15) is 0 Å². The normalized spacial score (nSPS) is 12.4. The summed E-state index contributed by atoms with van der Waals surface area (Å²) in [5.41, 5.74) is 8.63. The topological polar surface area (TPSA) is 26.0 Å². The summed E-state index contributed by atoms with van der Waals surface area (Å²) in [6.07, 6.45) is 2.25. The molecular weight excluding hydrogens is 286 g/mol. The molecule has 0 aliphatic rings. The molecule has 92 valence electrons. The molecule has 0 bridgehead atoms. The standard InChI is InChI=1S/C13H20BrN.ClH/c1-9(2)4-7-13(15)11-6-5-10(3)12(14)8-11;/h5-6,8-9,13H,4,7,15H2,1-3H3;1H/t13-;/m0./s1. The highest BCUT2D eigenvalue weighted by Gasteiger charge is 2.08. The zero-order chi connectivity index (χ0) is 11.4. The summed E-state index contributed by atoms with van der Waals surface area (Å²) >= 11 is 3.54. The van der Waals surface area contributed by atoms with Crippen molar-refractivity contribution < 1.29 is 0 Å². The lowest BCUT2D eigenvalue weighted by molar-refractivity contribution is 0.507. The fraction of sp³-hybridized carbons (Fsp3) is 0.538. The Labute approximate surface area is 113 Å². The molecule has 0 spiro atoms. The molecule has 0 aromatic heterocycles. The molecule has 0 aliphatic carbocycles. The number of hydrogen-bond donors (Lipinski definition) is 1. The first-order valence-electron chi connectivity index (χ1n) is 5.52. The van der Waals surface area contributed by atoms with E-state index in [1.165, 1.54) is 17.5 Å². The van der Waals surface area contributed by atoms with Crippen LogP contribution in [0, 0.1) is 12.8 Å². The molecule has 16 heavy (non-hydrogen) atoms. The molecule has 0 fully saturated rings. The van der Waals surface area contributed by atoms with E-state index >= 15 is 0 Å². The van der Waals surface area contributed by atoms with Gasteiger partial charge in [0, 0.05) is 10.5 Å². The zero-order valence-electron chi connectivity index (χ0n) is 10.2. The number of halogens is 2. The van der Waals surface area contributed by atoms with E-state index < -0.39 is 0 Å². The predicted molar refractivity (Wildman–Crippen MR) is 77.1 cm³/mol. The molecule has 1 aromatic carbocycles. The molecule has 0 heterocycles. The van der Waals surface area contributed by atoms with E-state index in [4.69, 9.17) is 5.73 Å². The summed E-state index contributed by atoms with van der Waals surface area (Å²) in [7, 11) is 0. The van der Waals surface area contributed by atoms with Crippen molar-refractivity contribution in [1.82, 2.24) is 0 Å². The van der Waals surface area contributed by atoms with Crippen molar-refractivity contribution in [3.8, 4) is 0 Å². The maximum absolute atomic E-state index is 6.14. The van der Waals surface area contributed by atoms with Gasteiger partial charge in [0.05, 0.1) is 0 Å². The Balaban J connectivity index is 0.00000225. The van der Waals surface area contributed by atoms with Gasteiger partial charge in [-0.15, -0.1) is 12.4 Å². The van der Waals surface area contributed by atoms with Crippen molar-refractivity contribution in [1.29, 1.82) is 0 Å². The molecular formula is C13H21BrClN. The third-order valence-electron chi connectivity index (χ3n) is 2.68. The Bertz CT molecular complexity index is 326. The number of aryl methyl sites for hydroxylation is 1. The van der Waals surface area contributed by atoms with E-state index in [1.54, 1.807) is 0 Å². The molecule has 0 unspecified atom stereocenters. The highest BCUT2D eigenvalue weighted by atomic mass is 79.9. The van der Waals surface area contributed by atoms with E-state index in [2.05, 4.69) is 54.9 Å². The van der Waals surface area contributed by atoms with Crippen LogP contribution in [0.5, 0.6) is 0 Å². The van der Waals surface area contributed by atoms with Crippen LogP contribution in [-0.4, -0.2) is 0 Å². The van der Waals surface area contributed by atoms with Crippen molar-refractivity contribution in [2.75, 3.05) is 0 Å². The molecule has 1 nitrogen and oxygen atoms in total. The smallest absolute Gasteiger partial charge is 0.0295 e. The van der Waals surface area contributed by atoms with Gasteiger partial charge < -0.3 is 5.73 Å². The van der Waals surface area contributed by atoms with E-state index in [9.17, 15) is 0 Å². The first-order valence-corrected chi connectivity index (χ1v) is 6.31. The highest BCUT2D eigenvalue weighted by molar-refractivity contribution is 9.10. The van der Waals surface area contributed by atoms with E-state index in [0.29, 0.717) is 0 Å². The minimum absolute atomic E-state index is 0. The van der Waals surface area contributed by atoms with Crippen molar-refractivity contribution in [3.63, 3.8) is 0 Å². The summed E-state index contributed by atoms with van der Waals surface area (Å²) in [5, 5.41) is 0. The van der Waals surface area contributed by atoms with Gasteiger partial charge in [-0.2, -0.15) is 0 Å². The van der Waals surface area contributed by atoms with Gasteiger partial charge in [-0.25, -0.2) is 0 Å². The van der Waals surface area contributed by atoms with Gasteiger partial charge in [-0.1, -0.05) is 41.9 Å². The third-order valence-corrected chi connectivity index (χ3v) is 3.53. The average molecular weight is 307 g/mol. The lowest BCUT2D eigenvalue weighted by Gasteiger charge is -2.14. The Hall–Kier alpha value is -0.0500. The Morgan fingerprint density at radius 1 is 1.25 bits per heavy atom. The summed E-state index contributed by atoms with van der Waals surface area (Å²) in [4.78, 5) is 0. The Kier molecular flexibility index (Phi) is 7.29. The van der Waals surface area contributed by atoms with Crippen LogP contribution in [-0.2, 0) is 0 Å². The van der Waals surface area contributed by atoms with E-state index in [1.807, 2.05) is 0 Å². The third kappa shape index (κ3) is 4.86. The van der Waals surface area contributed by atoms with Crippen molar-refractivity contribution in [3.05, 3.63) is 33.8 Å². The predicted octanol–water partition coefficient (Wildman–Crippen LogP) is 4.62. The lowest BCUT2D eigenvalue weighted by atomic mass is 9.98. The largest absolute Gasteiger partial charge is 0.324 e. The molecule has 0 aliphatic heterocycles. The number of benzene rings is 1. The first-order chi connectivity index (χ1) is 7.00. The van der Waals surface area contributed by atoms with E-state index in [0.717, 1.165) is 16.8 Å². The Morgan fingerprint density at radius 2 is 1.88 bits per heavy atom. The van der Waals surface area contributed by atoms with Crippen LogP contribution >= 0.6 is 28.3 Å². The van der Waals surface area contributed by atoms with Crippen molar-refractivity contribution >= 4 is 28.3 Å². The quantitative estimate of drug-likeness (QED) is 0.863. The SMILES string of the molecule is Cc1ccc([C@@H](N)CCC(C)C)cc1Br.Cl. The van der Waals surface area contributed by atoms with Crippen molar-refractivity contribution in [2.45, 2.75) is 39.7 Å². The molecule has 0 saturated carbocycles. The van der Waals surface area contributed by atoms with E-state index in [-0.39, 0.29) is 18.4 Å². The second-order valence-electron chi connectivity index (χ2n) is 4.59. The molecule has 1 atom stereocenters. The van der Waals surface area contributed by atoms with Crippen LogP contribution in [0.25, 0.3) is 0 Å². The summed E-state index contributed by atoms with van der Waals surface area (Å²) in [5.74, 6) is 0.727. The maximum Gasteiger partial charge on any atom is 0.0295 e. The molecule has 2 N–H and O–H groups in total. The molecule has 1 aromatic rings. The zero-order valence-corrected chi connectivity index (χ0v) is 12.6. The number of nitrogens with two attached hydrogens (primary N) is 1. The minimum atomic E-state index is 0. The maximum atomic E-state index is 6.14. The van der Waals surface area contributed by atoms with Crippen LogP contribution < -0.4 is 5.73 Å². The van der Waals surface area contributed by atoms with Crippen LogP contribution in [0.1, 0.15) is 43.9 Å². The van der Waals surface area contributed by atoms with Crippen LogP contribution in [0.2, 0.25) is 0 Å². The number of hydrogen-bond acceptors (Lipinski definition) is 1. The van der Waals surface area contributed by atoms with Crippen LogP contribution in [0.4, 0.5) is 0 Å². The van der Waals surface area contributed by atoms with Crippen molar-refractivity contribution in [2.24, 2.45) is 11.7 Å². The minimum Gasteiger partial charge on any atom is -0.324 e. The van der Waals surface area contributed by atoms with Gasteiger partial charge in [-0.05, 0) is 42.9 Å². The molecule has 0 radical (unpaired) electrons. The fourth-order valence-corrected chi connectivity index (χ4v) is 1.92. The second kappa shape index (κ2) is 7.31. The molecule has 0 amide bonds. The van der Waals surface area contributed by atoms with Crippen LogP contribution in [0.3, 0.4) is 0 Å². The first kappa shape index (κ1) is 16.0. The molecule has 3 heteroatoms. The fourth-order valence-electron chi connectivity index (χ4n) is 1.52.